The van der Waals surface area contributed by atoms with E-state index in [1.165, 1.54) is 10.8 Å². The summed E-state index contributed by atoms with van der Waals surface area (Å²) in [6.45, 7) is 0. The number of para-hydroxylation sites is 2. The zero-order chi connectivity index (χ0) is 33.7. The second-order valence-electron chi connectivity index (χ2n) is 12.9. The molecule has 4 heteroatoms. The van der Waals surface area contributed by atoms with E-state index in [1.807, 2.05) is 24.3 Å². The van der Waals surface area contributed by atoms with Crippen LogP contribution in [0, 0.1) is 0 Å². The van der Waals surface area contributed by atoms with E-state index in [2.05, 4.69) is 162 Å². The molecule has 0 saturated carbocycles. The van der Waals surface area contributed by atoms with Crippen LogP contribution in [0.2, 0.25) is 0 Å². The third-order valence-corrected chi connectivity index (χ3v) is 9.77. The molecule has 238 valence electrons. The molecule has 0 aliphatic rings. The van der Waals surface area contributed by atoms with Gasteiger partial charge in [0.25, 0.3) is 0 Å². The van der Waals surface area contributed by atoms with Gasteiger partial charge in [-0.05, 0) is 53.9 Å². The first-order valence-electron chi connectivity index (χ1n) is 17.2. The van der Waals surface area contributed by atoms with Crippen LogP contribution in [-0.2, 0) is 0 Å². The fourth-order valence-corrected chi connectivity index (χ4v) is 7.36. The second kappa shape index (κ2) is 11.9. The fourth-order valence-electron chi connectivity index (χ4n) is 7.36. The van der Waals surface area contributed by atoms with Crippen molar-refractivity contribution in [2.75, 3.05) is 0 Å². The Balaban J connectivity index is 1.28. The lowest BCUT2D eigenvalue weighted by Crippen LogP contribution is -1.96. The molecule has 0 saturated heterocycles. The zero-order valence-electron chi connectivity index (χ0n) is 27.6. The van der Waals surface area contributed by atoms with E-state index in [0.717, 1.165) is 77.7 Å². The predicted molar refractivity (Wildman–Crippen MR) is 211 cm³/mol. The molecule has 7 aromatic carbocycles. The van der Waals surface area contributed by atoms with Crippen LogP contribution in [0.3, 0.4) is 0 Å². The number of nitrogens with zero attached hydrogens (tertiary/aromatic N) is 4. The van der Waals surface area contributed by atoms with Crippen molar-refractivity contribution < 1.29 is 0 Å². The molecule has 0 bridgehead atoms. The molecular formula is C47H30N4. The van der Waals surface area contributed by atoms with Crippen molar-refractivity contribution in [1.29, 1.82) is 0 Å². The highest BCUT2D eigenvalue weighted by atomic mass is 15.0. The van der Waals surface area contributed by atoms with E-state index in [9.17, 15) is 0 Å². The largest absolute Gasteiger partial charge is 0.309 e. The fraction of sp³-hybridized carbons (Fsp3) is 0. The van der Waals surface area contributed by atoms with Gasteiger partial charge in [0.15, 0.2) is 5.82 Å². The van der Waals surface area contributed by atoms with Crippen LogP contribution >= 0.6 is 0 Å². The minimum absolute atomic E-state index is 0.706. The minimum atomic E-state index is 0.706. The summed E-state index contributed by atoms with van der Waals surface area (Å²) in [5.41, 5.74) is 11.3. The van der Waals surface area contributed by atoms with Gasteiger partial charge in [-0.2, -0.15) is 0 Å². The second-order valence-corrected chi connectivity index (χ2v) is 12.9. The van der Waals surface area contributed by atoms with Gasteiger partial charge in [0.1, 0.15) is 0 Å². The van der Waals surface area contributed by atoms with Crippen LogP contribution in [0.5, 0.6) is 0 Å². The highest BCUT2D eigenvalue weighted by molar-refractivity contribution is 6.20. The Kier molecular flexibility index (Phi) is 6.78. The van der Waals surface area contributed by atoms with Gasteiger partial charge in [0.2, 0.25) is 0 Å². The van der Waals surface area contributed by atoms with Crippen molar-refractivity contribution >= 4 is 43.5 Å². The molecule has 3 aromatic heterocycles. The van der Waals surface area contributed by atoms with Crippen LogP contribution in [0.15, 0.2) is 182 Å². The molecule has 10 aromatic rings. The van der Waals surface area contributed by atoms with Gasteiger partial charge in [-0.3, -0.25) is 0 Å². The number of aromatic nitrogens is 4. The predicted octanol–water partition coefficient (Wildman–Crippen LogP) is 11.9. The normalized spacial score (nSPS) is 11.5. The monoisotopic (exact) mass is 650 g/mol. The lowest BCUT2D eigenvalue weighted by atomic mass is 9.97. The van der Waals surface area contributed by atoms with Crippen LogP contribution < -0.4 is 0 Å². The van der Waals surface area contributed by atoms with Crippen molar-refractivity contribution in [1.82, 2.24) is 19.5 Å². The summed E-state index contributed by atoms with van der Waals surface area (Å²) >= 11 is 0. The van der Waals surface area contributed by atoms with Crippen LogP contribution in [0.4, 0.5) is 0 Å². The smallest absolute Gasteiger partial charge is 0.160 e. The average molecular weight is 651 g/mol. The molecule has 0 radical (unpaired) electrons. The Labute approximate surface area is 295 Å². The van der Waals surface area contributed by atoms with Gasteiger partial charge in [-0.15, -0.1) is 0 Å². The van der Waals surface area contributed by atoms with Crippen molar-refractivity contribution in [3.05, 3.63) is 182 Å². The number of benzene rings is 7. The molecule has 0 unspecified atom stereocenters. The van der Waals surface area contributed by atoms with Crippen LogP contribution in [-0.4, -0.2) is 19.5 Å². The number of pyridine rings is 1. The molecule has 4 nitrogen and oxygen atoms in total. The number of hydrogen-bond acceptors (Lipinski definition) is 3. The topological polar surface area (TPSA) is 43.6 Å². The molecule has 0 N–H and O–H groups in total. The quantitative estimate of drug-likeness (QED) is 0.174. The van der Waals surface area contributed by atoms with Crippen molar-refractivity contribution in [2.45, 2.75) is 0 Å². The third kappa shape index (κ3) is 4.96. The van der Waals surface area contributed by atoms with Crippen LogP contribution in [0.1, 0.15) is 0 Å². The summed E-state index contributed by atoms with van der Waals surface area (Å²) in [7, 11) is 0. The number of rotatable bonds is 5. The van der Waals surface area contributed by atoms with E-state index < -0.39 is 0 Å². The Morgan fingerprint density at radius 1 is 0.333 bits per heavy atom. The van der Waals surface area contributed by atoms with Gasteiger partial charge in [0, 0.05) is 49.5 Å². The Bertz CT molecular complexity index is 2820. The number of fused-ring (bicyclic) bond motifs is 6. The molecule has 10 rings (SSSR count). The summed E-state index contributed by atoms with van der Waals surface area (Å²) < 4.78 is 2.38. The molecule has 0 fully saturated rings. The first-order chi connectivity index (χ1) is 25.3. The van der Waals surface area contributed by atoms with E-state index in [0.29, 0.717) is 5.82 Å². The van der Waals surface area contributed by atoms with Gasteiger partial charge in [-0.25, -0.2) is 15.0 Å². The van der Waals surface area contributed by atoms with Gasteiger partial charge < -0.3 is 4.57 Å². The SMILES string of the molecule is c1ccc(-c2cc(-c3ccc4c(c3)c3cc5c(cc3n4-c3ccccc3)c(-c3ccccc3)nc3ccccc35)nc(-c3ccccc3)n2)cc1. The third-order valence-electron chi connectivity index (χ3n) is 9.77. The van der Waals surface area contributed by atoms with E-state index in [-0.39, 0.29) is 0 Å². The van der Waals surface area contributed by atoms with Crippen LogP contribution in [0.25, 0.3) is 94.3 Å². The summed E-state index contributed by atoms with van der Waals surface area (Å²) in [4.78, 5) is 15.4. The summed E-state index contributed by atoms with van der Waals surface area (Å²) in [5.74, 6) is 0.706. The Morgan fingerprint density at radius 2 is 0.922 bits per heavy atom. The molecule has 0 aliphatic carbocycles. The summed E-state index contributed by atoms with van der Waals surface area (Å²) in [6, 6.07) is 63.7. The van der Waals surface area contributed by atoms with Gasteiger partial charge in [0.05, 0.1) is 33.6 Å². The Hall–Kier alpha value is -6.91. The lowest BCUT2D eigenvalue weighted by molar-refractivity contribution is 1.18. The molecular weight excluding hydrogens is 621 g/mol. The standard InChI is InChI=1S/C47H30N4/c1-5-15-31(16-6-1)42-30-43(50-47(49-42)33-19-9-3-10-20-33)34-25-26-44-38(27-34)39-28-37-36-23-13-14-24-41(36)48-46(32-17-7-2-8-18-32)40(37)29-45(39)51(44)35-21-11-4-12-22-35/h1-30H. The van der Waals surface area contributed by atoms with E-state index in [1.54, 1.807) is 0 Å². The minimum Gasteiger partial charge on any atom is -0.309 e. The van der Waals surface area contributed by atoms with Gasteiger partial charge >= 0.3 is 0 Å². The molecule has 3 heterocycles. The van der Waals surface area contributed by atoms with Crippen molar-refractivity contribution in [3.63, 3.8) is 0 Å². The van der Waals surface area contributed by atoms with E-state index >= 15 is 0 Å². The highest BCUT2D eigenvalue weighted by Crippen LogP contribution is 2.41. The Morgan fingerprint density at radius 3 is 1.65 bits per heavy atom. The molecule has 51 heavy (non-hydrogen) atoms. The molecule has 0 amide bonds. The maximum atomic E-state index is 5.23. The van der Waals surface area contributed by atoms with E-state index in [4.69, 9.17) is 15.0 Å². The van der Waals surface area contributed by atoms with Crippen molar-refractivity contribution in [2.24, 2.45) is 0 Å². The average Bonchev–Trinajstić information content (AvgIpc) is 3.53. The highest BCUT2D eigenvalue weighted by Gasteiger charge is 2.19. The first kappa shape index (κ1) is 29.0. The van der Waals surface area contributed by atoms with Gasteiger partial charge in [-0.1, -0.05) is 133 Å². The summed E-state index contributed by atoms with van der Waals surface area (Å²) in [5, 5.41) is 5.80. The molecule has 0 aliphatic heterocycles. The molecule has 0 atom stereocenters. The maximum absolute atomic E-state index is 5.23. The molecule has 0 spiro atoms. The first-order valence-corrected chi connectivity index (χ1v) is 17.2. The lowest BCUT2D eigenvalue weighted by Gasteiger charge is -2.12. The summed E-state index contributed by atoms with van der Waals surface area (Å²) in [6.07, 6.45) is 0. The number of hydrogen-bond donors (Lipinski definition) is 0. The zero-order valence-corrected chi connectivity index (χ0v) is 27.6. The maximum Gasteiger partial charge on any atom is 0.160 e. The van der Waals surface area contributed by atoms with Crippen molar-refractivity contribution in [3.8, 4) is 50.8 Å².